The summed E-state index contributed by atoms with van der Waals surface area (Å²) in [5, 5.41) is 11.0. The Labute approximate surface area is 105 Å². The van der Waals surface area contributed by atoms with Crippen LogP contribution < -0.4 is 0 Å². The van der Waals surface area contributed by atoms with Crippen LogP contribution in [0.5, 0.6) is 0 Å². The molecule has 1 heterocycles. The Bertz CT molecular complexity index is 304. The molecule has 0 spiro atoms. The predicted molar refractivity (Wildman–Crippen MR) is 69.8 cm³/mol. The second-order valence-corrected chi connectivity index (χ2v) is 7.38. The summed E-state index contributed by atoms with van der Waals surface area (Å²) in [6.07, 6.45) is 6.50. The Morgan fingerprint density at radius 1 is 1.00 bits per heavy atom. The topological polar surface area (TPSA) is 23.5 Å². The summed E-state index contributed by atoms with van der Waals surface area (Å²) in [6, 6.07) is 0.430. The summed E-state index contributed by atoms with van der Waals surface area (Å²) in [5.41, 5.74) is -0.0919. The van der Waals surface area contributed by atoms with Crippen molar-refractivity contribution in [3.05, 3.63) is 0 Å². The largest absolute Gasteiger partial charge is 0.388 e. The lowest BCUT2D eigenvalue weighted by atomic mass is 9.43. The van der Waals surface area contributed by atoms with E-state index in [-0.39, 0.29) is 0 Å². The van der Waals surface area contributed by atoms with E-state index in [2.05, 4.69) is 25.7 Å². The molecule has 4 atom stereocenters. The van der Waals surface area contributed by atoms with Crippen LogP contribution >= 0.6 is 0 Å². The molecule has 0 amide bonds. The van der Waals surface area contributed by atoms with Gasteiger partial charge in [0, 0.05) is 6.04 Å². The molecular weight excluding hydrogens is 210 g/mol. The van der Waals surface area contributed by atoms with Crippen molar-refractivity contribution in [3.8, 4) is 0 Å². The van der Waals surface area contributed by atoms with Gasteiger partial charge < -0.3 is 5.11 Å². The van der Waals surface area contributed by atoms with Gasteiger partial charge in [0.1, 0.15) is 0 Å². The third-order valence-electron chi connectivity index (χ3n) is 6.19. The number of nitrogens with zero attached hydrogens (tertiary/aromatic N) is 1. The first-order chi connectivity index (χ1) is 7.94. The Morgan fingerprint density at radius 3 is 2.18 bits per heavy atom. The van der Waals surface area contributed by atoms with Gasteiger partial charge in [-0.25, -0.2) is 0 Å². The normalized spacial score (nSPS) is 49.8. The monoisotopic (exact) mass is 237 g/mol. The van der Waals surface area contributed by atoms with Crippen LogP contribution in [0.3, 0.4) is 0 Å². The maximum atomic E-state index is 11.0. The Kier molecular flexibility index (Phi) is 2.61. The van der Waals surface area contributed by atoms with E-state index in [1.807, 2.05) is 0 Å². The fraction of sp³-hybridized carbons (Fsp3) is 1.00. The molecule has 1 aliphatic heterocycles. The van der Waals surface area contributed by atoms with Gasteiger partial charge in [0.25, 0.3) is 0 Å². The lowest BCUT2D eigenvalue weighted by Crippen LogP contribution is -2.70. The van der Waals surface area contributed by atoms with Crippen molar-refractivity contribution in [2.24, 2.45) is 17.3 Å². The molecule has 0 aromatic carbocycles. The quantitative estimate of drug-likeness (QED) is 0.758. The van der Waals surface area contributed by atoms with Crippen LogP contribution in [0.1, 0.15) is 52.9 Å². The Morgan fingerprint density at radius 2 is 1.65 bits per heavy atom. The van der Waals surface area contributed by atoms with Gasteiger partial charge in [-0.1, -0.05) is 20.3 Å². The van der Waals surface area contributed by atoms with Crippen molar-refractivity contribution >= 4 is 0 Å². The second-order valence-electron chi connectivity index (χ2n) is 7.38. The van der Waals surface area contributed by atoms with E-state index in [4.69, 9.17) is 0 Å². The minimum atomic E-state index is -0.463. The smallest absolute Gasteiger partial charge is 0.0807 e. The van der Waals surface area contributed by atoms with Gasteiger partial charge >= 0.3 is 0 Å². The zero-order valence-corrected chi connectivity index (χ0v) is 11.6. The summed E-state index contributed by atoms with van der Waals surface area (Å²) < 4.78 is 0. The van der Waals surface area contributed by atoms with E-state index in [9.17, 15) is 5.11 Å². The number of aliphatic hydroxyl groups is 1. The minimum Gasteiger partial charge on any atom is -0.388 e. The highest BCUT2D eigenvalue weighted by molar-refractivity contribution is 5.14. The van der Waals surface area contributed by atoms with Crippen molar-refractivity contribution in [1.82, 2.24) is 4.90 Å². The first-order valence-electron chi connectivity index (χ1n) is 7.40. The summed E-state index contributed by atoms with van der Waals surface area (Å²) in [7, 11) is 0. The third-order valence-corrected chi connectivity index (χ3v) is 6.19. The van der Waals surface area contributed by atoms with E-state index in [0.29, 0.717) is 17.4 Å². The van der Waals surface area contributed by atoms with E-state index in [0.717, 1.165) is 5.92 Å². The number of hydrogen-bond donors (Lipinski definition) is 1. The molecule has 4 rings (SSSR count). The zero-order chi connectivity index (χ0) is 12.3. The summed E-state index contributed by atoms with van der Waals surface area (Å²) in [4.78, 5) is 2.58. The van der Waals surface area contributed by atoms with Crippen LogP contribution in [0.2, 0.25) is 0 Å². The highest BCUT2D eigenvalue weighted by Gasteiger charge is 2.63. The van der Waals surface area contributed by atoms with Gasteiger partial charge in [0.05, 0.1) is 5.60 Å². The summed E-state index contributed by atoms with van der Waals surface area (Å²) in [6.45, 7) is 9.23. The molecule has 0 aromatic heterocycles. The van der Waals surface area contributed by atoms with Crippen LogP contribution in [-0.4, -0.2) is 34.7 Å². The van der Waals surface area contributed by atoms with Gasteiger partial charge in [-0.2, -0.15) is 0 Å². The highest BCUT2D eigenvalue weighted by Crippen LogP contribution is 2.63. The first kappa shape index (κ1) is 12.0. The average Bonchev–Trinajstić information content (AvgIpc) is 2.28. The molecule has 1 saturated heterocycles. The molecule has 98 valence electrons. The lowest BCUT2D eigenvalue weighted by molar-refractivity contribution is -0.231. The van der Waals surface area contributed by atoms with Crippen molar-refractivity contribution in [2.45, 2.75) is 64.5 Å². The number of rotatable bonds is 1. The first-order valence-corrected chi connectivity index (χ1v) is 7.40. The van der Waals surface area contributed by atoms with Crippen molar-refractivity contribution in [2.75, 3.05) is 13.1 Å². The van der Waals surface area contributed by atoms with E-state index in [1.165, 1.54) is 45.2 Å². The molecular formula is C15H27NO. The molecule has 0 radical (unpaired) electrons. The maximum absolute atomic E-state index is 11.0. The minimum absolute atomic E-state index is 0.371. The molecule has 3 saturated carbocycles. The van der Waals surface area contributed by atoms with Crippen LogP contribution in [0.15, 0.2) is 0 Å². The van der Waals surface area contributed by atoms with Crippen molar-refractivity contribution in [3.63, 3.8) is 0 Å². The van der Waals surface area contributed by atoms with Crippen LogP contribution in [0.4, 0.5) is 0 Å². The molecule has 2 bridgehead atoms. The van der Waals surface area contributed by atoms with E-state index >= 15 is 0 Å². The van der Waals surface area contributed by atoms with Crippen LogP contribution in [0, 0.1) is 17.3 Å². The summed E-state index contributed by atoms with van der Waals surface area (Å²) >= 11 is 0. The number of hydrogen-bond acceptors (Lipinski definition) is 2. The zero-order valence-electron chi connectivity index (χ0n) is 11.6. The van der Waals surface area contributed by atoms with Gasteiger partial charge in [-0.15, -0.1) is 0 Å². The number of piperidine rings is 1. The van der Waals surface area contributed by atoms with Crippen LogP contribution in [-0.2, 0) is 0 Å². The van der Waals surface area contributed by atoms with E-state index in [1.54, 1.807) is 0 Å². The Hall–Kier alpha value is -0.0800. The molecule has 3 aliphatic carbocycles. The standard InChI is InChI=1S/C15H27NO/c1-14(2)11-9-12(14)15(3,17)13(10-11)16-7-5-4-6-8-16/h11-13,17H,4-10H2,1-3H3/t11-,12-,13+,15-/m0/s1. The van der Waals surface area contributed by atoms with Gasteiger partial charge in [-0.05, 0) is 62.9 Å². The predicted octanol–water partition coefficient (Wildman–Crippen LogP) is 2.66. The lowest BCUT2D eigenvalue weighted by Gasteiger charge is -2.67. The molecule has 4 aliphatic rings. The maximum Gasteiger partial charge on any atom is 0.0807 e. The molecule has 2 heteroatoms. The van der Waals surface area contributed by atoms with Crippen molar-refractivity contribution in [1.29, 1.82) is 0 Å². The molecule has 0 aromatic rings. The molecule has 1 N–H and O–H groups in total. The fourth-order valence-electron chi connectivity index (χ4n) is 4.90. The number of fused-ring (bicyclic) bond motifs is 2. The summed E-state index contributed by atoms with van der Waals surface area (Å²) in [5.74, 6) is 1.36. The Balaban J connectivity index is 1.79. The SMILES string of the molecule is CC1(C)[C@@H]2C[C@@H](N3CCCCC3)[C@@](C)(O)[C@H]1C2. The van der Waals surface area contributed by atoms with E-state index < -0.39 is 5.60 Å². The van der Waals surface area contributed by atoms with Gasteiger partial charge in [-0.3, -0.25) is 4.90 Å². The molecule has 17 heavy (non-hydrogen) atoms. The molecule has 2 nitrogen and oxygen atoms in total. The molecule has 0 unspecified atom stereocenters. The van der Waals surface area contributed by atoms with Gasteiger partial charge in [0.2, 0.25) is 0 Å². The fourth-order valence-corrected chi connectivity index (χ4v) is 4.90. The number of likely N-dealkylation sites (tertiary alicyclic amines) is 1. The average molecular weight is 237 g/mol. The third kappa shape index (κ3) is 1.60. The van der Waals surface area contributed by atoms with Gasteiger partial charge in [0.15, 0.2) is 0 Å². The second kappa shape index (κ2) is 3.71. The van der Waals surface area contributed by atoms with Crippen molar-refractivity contribution < 1.29 is 5.11 Å². The highest BCUT2D eigenvalue weighted by atomic mass is 16.3. The van der Waals surface area contributed by atoms with Crippen LogP contribution in [0.25, 0.3) is 0 Å². The molecule has 4 fully saturated rings.